The highest BCUT2D eigenvalue weighted by atomic mass is 16.6. The van der Waals surface area contributed by atoms with Crippen molar-refractivity contribution in [3.05, 3.63) is 64.2 Å². The molecule has 0 heterocycles. The summed E-state index contributed by atoms with van der Waals surface area (Å²) in [5.74, 6) is 0.0576. The fraction of sp³-hybridized carbons (Fsp3) is 0.278. The molecule has 7 heteroatoms. The molecule has 0 aliphatic heterocycles. The van der Waals surface area contributed by atoms with Crippen LogP contribution in [0.25, 0.3) is 0 Å². The molecule has 3 rings (SSSR count). The van der Waals surface area contributed by atoms with Crippen molar-refractivity contribution >= 4 is 11.6 Å². The van der Waals surface area contributed by atoms with Crippen LogP contribution in [-0.4, -0.2) is 24.0 Å². The Kier molecular flexibility index (Phi) is 4.83. The number of hydrogen-bond donors (Lipinski definition) is 1. The zero-order valence-electron chi connectivity index (χ0n) is 13.7. The highest BCUT2D eigenvalue weighted by Crippen LogP contribution is 2.34. The van der Waals surface area contributed by atoms with Crippen LogP contribution in [0.3, 0.4) is 0 Å². The summed E-state index contributed by atoms with van der Waals surface area (Å²) in [4.78, 5) is 23.4. The number of nitrogens with zero attached hydrogens (tertiary/aromatic N) is 1. The molecule has 1 fully saturated rings. The van der Waals surface area contributed by atoms with E-state index in [1.54, 1.807) is 30.3 Å². The first-order chi connectivity index (χ1) is 12.1. The number of nitro groups is 1. The molecular weight excluding hydrogens is 324 g/mol. The van der Waals surface area contributed by atoms with Gasteiger partial charge in [0.2, 0.25) is 6.10 Å². The number of carbonyl (C=O) groups excluding carboxylic acids is 1. The Labute approximate surface area is 144 Å². The minimum atomic E-state index is -0.964. The van der Waals surface area contributed by atoms with Gasteiger partial charge in [-0.3, -0.25) is 14.9 Å². The molecule has 0 spiro atoms. The molecule has 0 radical (unpaired) electrons. The second kappa shape index (κ2) is 7.21. The monoisotopic (exact) mass is 342 g/mol. The molecule has 2 aromatic rings. The molecule has 25 heavy (non-hydrogen) atoms. The van der Waals surface area contributed by atoms with Crippen molar-refractivity contribution in [2.45, 2.75) is 25.0 Å². The Morgan fingerprint density at radius 2 is 1.96 bits per heavy atom. The molecule has 0 bridgehead atoms. The summed E-state index contributed by atoms with van der Waals surface area (Å²) in [5.41, 5.74) is 0.380. The number of methoxy groups -OCH3 is 1. The molecule has 1 amide bonds. The molecule has 0 aromatic heterocycles. The number of nitro benzene ring substituents is 1. The van der Waals surface area contributed by atoms with Gasteiger partial charge in [0.15, 0.2) is 5.75 Å². The van der Waals surface area contributed by atoms with Crippen LogP contribution in [0.15, 0.2) is 48.5 Å². The maximum absolute atomic E-state index is 12.6. The average molecular weight is 342 g/mol. The van der Waals surface area contributed by atoms with Gasteiger partial charge in [0, 0.05) is 11.6 Å². The summed E-state index contributed by atoms with van der Waals surface area (Å²) in [7, 11) is 1.43. The molecule has 1 saturated carbocycles. The maximum atomic E-state index is 12.6. The van der Waals surface area contributed by atoms with Gasteiger partial charge in [-0.2, -0.15) is 0 Å². The summed E-state index contributed by atoms with van der Waals surface area (Å²) in [6.07, 6.45) is 0.917. The van der Waals surface area contributed by atoms with E-state index >= 15 is 0 Å². The van der Waals surface area contributed by atoms with Crippen molar-refractivity contribution in [1.29, 1.82) is 0 Å². The Bertz CT molecular complexity index is 774. The van der Waals surface area contributed by atoms with Gasteiger partial charge in [0.1, 0.15) is 5.75 Å². The van der Waals surface area contributed by atoms with Crippen molar-refractivity contribution in [2.24, 2.45) is 0 Å². The zero-order valence-corrected chi connectivity index (χ0v) is 13.7. The predicted octanol–water partition coefficient (Wildman–Crippen LogP) is 3.00. The largest absolute Gasteiger partial charge is 0.496 e. The lowest BCUT2D eigenvalue weighted by Gasteiger charge is -2.19. The van der Waals surface area contributed by atoms with Gasteiger partial charge in [-0.05, 0) is 25.0 Å². The van der Waals surface area contributed by atoms with E-state index in [4.69, 9.17) is 9.47 Å². The van der Waals surface area contributed by atoms with Gasteiger partial charge in [-0.15, -0.1) is 0 Å². The van der Waals surface area contributed by atoms with E-state index in [2.05, 4.69) is 5.32 Å². The third kappa shape index (κ3) is 4.06. The van der Waals surface area contributed by atoms with E-state index in [1.807, 2.05) is 6.07 Å². The van der Waals surface area contributed by atoms with E-state index in [9.17, 15) is 14.9 Å². The summed E-state index contributed by atoms with van der Waals surface area (Å²) < 4.78 is 10.8. The topological polar surface area (TPSA) is 90.7 Å². The summed E-state index contributed by atoms with van der Waals surface area (Å²) in [6, 6.07) is 13.4. The van der Waals surface area contributed by atoms with Crippen LogP contribution < -0.4 is 14.8 Å². The van der Waals surface area contributed by atoms with E-state index in [0.717, 1.165) is 12.8 Å². The van der Waals surface area contributed by atoms with Crippen LogP contribution >= 0.6 is 0 Å². The molecule has 130 valence electrons. The number of rotatable bonds is 7. The predicted molar refractivity (Wildman–Crippen MR) is 90.6 cm³/mol. The van der Waals surface area contributed by atoms with Gasteiger partial charge in [0.05, 0.1) is 18.1 Å². The fourth-order valence-electron chi connectivity index (χ4n) is 2.40. The second-order valence-corrected chi connectivity index (χ2v) is 5.78. The summed E-state index contributed by atoms with van der Waals surface area (Å²) in [6.45, 7) is 0. The van der Waals surface area contributed by atoms with Crippen LogP contribution in [-0.2, 0) is 4.79 Å². The quantitative estimate of drug-likeness (QED) is 0.617. The van der Waals surface area contributed by atoms with E-state index in [-0.39, 0.29) is 23.4 Å². The van der Waals surface area contributed by atoms with Gasteiger partial charge in [-0.1, -0.05) is 30.3 Å². The fourth-order valence-corrected chi connectivity index (χ4v) is 2.40. The van der Waals surface area contributed by atoms with Crippen LogP contribution in [0.4, 0.5) is 5.69 Å². The van der Waals surface area contributed by atoms with Crippen molar-refractivity contribution in [2.75, 3.05) is 7.11 Å². The Hall–Kier alpha value is -3.09. The number of hydrogen-bond acceptors (Lipinski definition) is 5. The van der Waals surface area contributed by atoms with Gasteiger partial charge in [-0.25, -0.2) is 0 Å². The first kappa shape index (κ1) is 16.8. The third-order valence-corrected chi connectivity index (χ3v) is 3.87. The van der Waals surface area contributed by atoms with E-state index < -0.39 is 11.0 Å². The van der Waals surface area contributed by atoms with E-state index in [1.165, 1.54) is 19.2 Å². The normalized spacial score (nSPS) is 14.4. The highest BCUT2D eigenvalue weighted by Gasteiger charge is 2.31. The van der Waals surface area contributed by atoms with Crippen molar-refractivity contribution in [3.63, 3.8) is 0 Å². The Morgan fingerprint density at radius 1 is 1.24 bits per heavy atom. The first-order valence-electron chi connectivity index (χ1n) is 7.93. The number of carbonyl (C=O) groups is 1. The molecule has 1 aliphatic rings. The van der Waals surface area contributed by atoms with Crippen LogP contribution in [0, 0.1) is 10.1 Å². The average Bonchev–Trinajstić information content (AvgIpc) is 3.44. The molecule has 7 nitrogen and oxygen atoms in total. The van der Waals surface area contributed by atoms with Gasteiger partial charge < -0.3 is 14.8 Å². The maximum Gasteiger partial charge on any atom is 0.314 e. The number of ether oxygens (including phenoxy) is 2. The van der Waals surface area contributed by atoms with Gasteiger partial charge in [0.25, 0.3) is 5.91 Å². The van der Waals surface area contributed by atoms with Crippen LogP contribution in [0.1, 0.15) is 24.5 Å². The number of amides is 1. The number of nitrogens with one attached hydrogen (secondary N) is 1. The Balaban J connectivity index is 1.92. The van der Waals surface area contributed by atoms with Gasteiger partial charge >= 0.3 is 5.69 Å². The zero-order chi connectivity index (χ0) is 17.8. The smallest absolute Gasteiger partial charge is 0.314 e. The van der Waals surface area contributed by atoms with Crippen molar-refractivity contribution in [3.8, 4) is 11.5 Å². The minimum absolute atomic E-state index is 0.0191. The van der Waals surface area contributed by atoms with Crippen molar-refractivity contribution in [1.82, 2.24) is 5.32 Å². The standard InChI is InChI=1S/C18H18N2O5/c1-24-14-9-10-16(15(11-14)20(22)23)25-17(12-5-3-2-4-6-12)18(21)19-13-7-8-13/h2-6,9-11,13,17H,7-8H2,1H3,(H,19,21)/t17-/m0/s1. The molecule has 1 N–H and O–H groups in total. The molecule has 0 unspecified atom stereocenters. The summed E-state index contributed by atoms with van der Waals surface area (Å²) in [5, 5.41) is 14.2. The lowest BCUT2D eigenvalue weighted by molar-refractivity contribution is -0.386. The van der Waals surface area contributed by atoms with Crippen LogP contribution in [0.2, 0.25) is 0 Å². The van der Waals surface area contributed by atoms with E-state index in [0.29, 0.717) is 11.3 Å². The first-order valence-corrected chi connectivity index (χ1v) is 7.93. The second-order valence-electron chi connectivity index (χ2n) is 5.78. The third-order valence-electron chi connectivity index (χ3n) is 3.87. The molecule has 2 aromatic carbocycles. The van der Waals surface area contributed by atoms with Crippen molar-refractivity contribution < 1.29 is 19.2 Å². The number of benzene rings is 2. The lowest BCUT2D eigenvalue weighted by atomic mass is 10.1. The minimum Gasteiger partial charge on any atom is -0.496 e. The molecule has 1 atom stereocenters. The molecule has 1 aliphatic carbocycles. The Morgan fingerprint density at radius 3 is 2.56 bits per heavy atom. The van der Waals surface area contributed by atoms with Crippen LogP contribution in [0.5, 0.6) is 11.5 Å². The molecule has 0 saturated heterocycles. The SMILES string of the molecule is COc1ccc(O[C@H](C(=O)NC2CC2)c2ccccc2)c([N+](=O)[O-])c1. The lowest BCUT2D eigenvalue weighted by Crippen LogP contribution is -2.34. The highest BCUT2D eigenvalue weighted by molar-refractivity contribution is 5.83. The summed E-state index contributed by atoms with van der Waals surface area (Å²) >= 11 is 0. The molecular formula is C18H18N2O5.